The Balaban J connectivity index is 2.83. The molecule has 1 aromatic carbocycles. The van der Waals surface area contributed by atoms with E-state index in [4.69, 9.17) is 6.42 Å². The summed E-state index contributed by atoms with van der Waals surface area (Å²) >= 11 is 0. The Morgan fingerprint density at radius 3 is 2.71 bits per heavy atom. The van der Waals surface area contributed by atoms with Crippen LogP contribution in [0.1, 0.15) is 25.0 Å². The zero-order valence-corrected chi connectivity index (χ0v) is 9.09. The third kappa shape index (κ3) is 2.90. The Kier molecular flexibility index (Phi) is 3.33. The third-order valence-electron chi connectivity index (χ3n) is 2.42. The predicted molar refractivity (Wildman–Crippen MR) is 61.2 cm³/mol. The molecule has 0 aliphatic carbocycles. The van der Waals surface area contributed by atoms with Gasteiger partial charge < -0.3 is 5.32 Å². The summed E-state index contributed by atoms with van der Waals surface area (Å²) in [6.45, 7) is 4.35. The van der Waals surface area contributed by atoms with Crippen LogP contribution in [0.25, 0.3) is 0 Å². The Morgan fingerprint density at radius 1 is 1.43 bits per heavy atom. The summed E-state index contributed by atoms with van der Waals surface area (Å²) in [7, 11) is 1.98. The normalized spacial score (nSPS) is 11.0. The highest BCUT2D eigenvalue weighted by molar-refractivity contribution is 5.35. The number of rotatable bonds is 3. The van der Waals surface area contributed by atoms with Crippen molar-refractivity contribution in [1.82, 2.24) is 5.32 Å². The van der Waals surface area contributed by atoms with Gasteiger partial charge in [0, 0.05) is 11.1 Å². The first-order valence-corrected chi connectivity index (χ1v) is 4.82. The summed E-state index contributed by atoms with van der Waals surface area (Å²) in [5.74, 6) is 2.65. The molecule has 1 N–H and O–H groups in total. The second kappa shape index (κ2) is 4.30. The number of terminal acetylenes is 1. The molecule has 0 spiro atoms. The lowest BCUT2D eigenvalue weighted by molar-refractivity contribution is 0.422. The highest BCUT2D eigenvalue weighted by atomic mass is 14.9. The van der Waals surface area contributed by atoms with Crippen molar-refractivity contribution < 1.29 is 0 Å². The number of hydrogen-bond acceptors (Lipinski definition) is 1. The molecule has 0 aliphatic rings. The van der Waals surface area contributed by atoms with Crippen LogP contribution in [0.3, 0.4) is 0 Å². The molecule has 0 unspecified atom stereocenters. The van der Waals surface area contributed by atoms with Crippen molar-refractivity contribution in [2.45, 2.75) is 25.8 Å². The summed E-state index contributed by atoms with van der Waals surface area (Å²) in [4.78, 5) is 0. The van der Waals surface area contributed by atoms with Crippen LogP contribution in [0, 0.1) is 12.3 Å². The summed E-state index contributed by atoms with van der Waals surface area (Å²) < 4.78 is 0. The van der Waals surface area contributed by atoms with Crippen LogP contribution in [-0.4, -0.2) is 12.6 Å². The zero-order valence-electron chi connectivity index (χ0n) is 9.09. The summed E-state index contributed by atoms with van der Waals surface area (Å²) in [6, 6.07) is 8.14. The topological polar surface area (TPSA) is 12.0 Å². The van der Waals surface area contributed by atoms with Crippen LogP contribution in [0.4, 0.5) is 0 Å². The fourth-order valence-corrected chi connectivity index (χ4v) is 1.37. The van der Waals surface area contributed by atoms with Crippen LogP contribution < -0.4 is 5.32 Å². The van der Waals surface area contributed by atoms with Gasteiger partial charge in [0.05, 0.1) is 0 Å². The van der Waals surface area contributed by atoms with Gasteiger partial charge in [-0.25, -0.2) is 0 Å². The summed E-state index contributed by atoms with van der Waals surface area (Å²) in [6.07, 6.45) is 6.33. The number of benzene rings is 1. The molecule has 0 fully saturated rings. The molecule has 0 atom stereocenters. The molecule has 1 rings (SSSR count). The maximum absolute atomic E-state index is 5.35. The highest BCUT2D eigenvalue weighted by Gasteiger charge is 2.14. The standard InChI is InChI=1S/C13H17N/c1-5-11-7-6-8-12(9-11)10-13(2,3)14-4/h1,6-9,14H,10H2,2-4H3. The van der Waals surface area contributed by atoms with Crippen molar-refractivity contribution in [2.24, 2.45) is 0 Å². The molecule has 0 heterocycles. The predicted octanol–water partition coefficient (Wildman–Crippen LogP) is 2.21. The van der Waals surface area contributed by atoms with E-state index < -0.39 is 0 Å². The summed E-state index contributed by atoms with van der Waals surface area (Å²) in [5.41, 5.74) is 2.35. The van der Waals surface area contributed by atoms with E-state index in [2.05, 4.69) is 37.2 Å². The Labute approximate surface area is 86.5 Å². The minimum atomic E-state index is 0.118. The minimum Gasteiger partial charge on any atom is -0.314 e. The van der Waals surface area contributed by atoms with E-state index in [0.717, 1.165) is 12.0 Å². The Morgan fingerprint density at radius 2 is 2.14 bits per heavy atom. The quantitative estimate of drug-likeness (QED) is 0.715. The van der Waals surface area contributed by atoms with Crippen LogP contribution in [0.2, 0.25) is 0 Å². The van der Waals surface area contributed by atoms with E-state index in [1.165, 1.54) is 5.56 Å². The van der Waals surface area contributed by atoms with Gasteiger partial charge in [-0.1, -0.05) is 18.1 Å². The van der Waals surface area contributed by atoms with Crippen molar-refractivity contribution in [3.63, 3.8) is 0 Å². The molecule has 0 aromatic heterocycles. The van der Waals surface area contributed by atoms with Gasteiger partial charge >= 0.3 is 0 Å². The lowest BCUT2D eigenvalue weighted by atomic mass is 9.94. The van der Waals surface area contributed by atoms with Crippen molar-refractivity contribution in [3.8, 4) is 12.3 Å². The van der Waals surface area contributed by atoms with Crippen LogP contribution in [0.5, 0.6) is 0 Å². The van der Waals surface area contributed by atoms with Crippen molar-refractivity contribution in [3.05, 3.63) is 35.4 Å². The van der Waals surface area contributed by atoms with Crippen LogP contribution in [-0.2, 0) is 6.42 Å². The second-order valence-corrected chi connectivity index (χ2v) is 4.16. The van der Waals surface area contributed by atoms with Gasteiger partial charge in [-0.15, -0.1) is 6.42 Å². The SMILES string of the molecule is C#Cc1cccc(CC(C)(C)NC)c1. The maximum atomic E-state index is 5.35. The fraction of sp³-hybridized carbons (Fsp3) is 0.385. The first-order valence-electron chi connectivity index (χ1n) is 4.82. The lowest BCUT2D eigenvalue weighted by Gasteiger charge is -2.24. The molecule has 0 aliphatic heterocycles. The van der Waals surface area contributed by atoms with Gasteiger partial charge in [0.25, 0.3) is 0 Å². The van der Waals surface area contributed by atoms with Crippen LogP contribution in [0.15, 0.2) is 24.3 Å². The smallest absolute Gasteiger partial charge is 0.0245 e. The lowest BCUT2D eigenvalue weighted by Crippen LogP contribution is -2.38. The fourth-order valence-electron chi connectivity index (χ4n) is 1.37. The third-order valence-corrected chi connectivity index (χ3v) is 2.42. The number of likely N-dealkylation sites (N-methyl/N-ethyl adjacent to an activating group) is 1. The van der Waals surface area contributed by atoms with Gasteiger partial charge in [-0.05, 0) is 45.0 Å². The van der Waals surface area contributed by atoms with E-state index in [1.807, 2.05) is 19.2 Å². The monoisotopic (exact) mass is 187 g/mol. The molecule has 0 saturated heterocycles. The molecule has 1 heteroatoms. The largest absolute Gasteiger partial charge is 0.314 e. The summed E-state index contributed by atoms with van der Waals surface area (Å²) in [5, 5.41) is 3.28. The molecule has 0 radical (unpaired) electrons. The average molecular weight is 187 g/mol. The number of nitrogens with one attached hydrogen (secondary N) is 1. The molecule has 74 valence electrons. The molecule has 1 nitrogen and oxygen atoms in total. The highest BCUT2D eigenvalue weighted by Crippen LogP contribution is 2.13. The van der Waals surface area contributed by atoms with E-state index in [0.29, 0.717) is 0 Å². The van der Waals surface area contributed by atoms with Crippen LogP contribution >= 0.6 is 0 Å². The molecule has 14 heavy (non-hydrogen) atoms. The number of hydrogen-bond donors (Lipinski definition) is 1. The minimum absolute atomic E-state index is 0.118. The first-order chi connectivity index (χ1) is 6.57. The molecule has 1 aromatic rings. The van der Waals surface area contributed by atoms with E-state index in [-0.39, 0.29) is 5.54 Å². The molecular formula is C13H17N. The van der Waals surface area contributed by atoms with Gasteiger partial charge in [-0.2, -0.15) is 0 Å². The molecule has 0 amide bonds. The second-order valence-electron chi connectivity index (χ2n) is 4.16. The van der Waals surface area contributed by atoms with Gasteiger partial charge in [-0.3, -0.25) is 0 Å². The van der Waals surface area contributed by atoms with Gasteiger partial charge in [0.15, 0.2) is 0 Å². The molecule has 0 saturated carbocycles. The molecule has 0 bridgehead atoms. The van der Waals surface area contributed by atoms with Crippen molar-refractivity contribution in [2.75, 3.05) is 7.05 Å². The Hall–Kier alpha value is -1.26. The van der Waals surface area contributed by atoms with Crippen molar-refractivity contribution in [1.29, 1.82) is 0 Å². The van der Waals surface area contributed by atoms with Crippen molar-refractivity contribution >= 4 is 0 Å². The maximum Gasteiger partial charge on any atom is 0.0245 e. The first kappa shape index (κ1) is 10.8. The van der Waals surface area contributed by atoms with Gasteiger partial charge in [0.1, 0.15) is 0 Å². The van der Waals surface area contributed by atoms with Gasteiger partial charge in [0.2, 0.25) is 0 Å². The zero-order chi connectivity index (χ0) is 10.6. The molecular weight excluding hydrogens is 170 g/mol. The average Bonchev–Trinajstić information content (AvgIpc) is 2.17. The Bertz CT molecular complexity index is 344. The van der Waals surface area contributed by atoms with E-state index in [1.54, 1.807) is 0 Å². The van der Waals surface area contributed by atoms with E-state index >= 15 is 0 Å². The van der Waals surface area contributed by atoms with E-state index in [9.17, 15) is 0 Å².